The van der Waals surface area contributed by atoms with Gasteiger partial charge in [0.1, 0.15) is 18.2 Å². The quantitative estimate of drug-likeness (QED) is 0.622. The van der Waals surface area contributed by atoms with Crippen molar-refractivity contribution in [3.63, 3.8) is 0 Å². The van der Waals surface area contributed by atoms with Crippen molar-refractivity contribution in [3.8, 4) is 0 Å². The van der Waals surface area contributed by atoms with E-state index < -0.39 is 0 Å². The monoisotopic (exact) mass is 344 g/mol. The lowest BCUT2D eigenvalue weighted by atomic mass is 10.1. The summed E-state index contributed by atoms with van der Waals surface area (Å²) in [6.07, 6.45) is 4.18. The van der Waals surface area contributed by atoms with E-state index in [0.717, 1.165) is 55.6 Å². The number of hydrogen-bond donors (Lipinski definition) is 2. The molecule has 0 amide bonds. The molecule has 0 saturated heterocycles. The maximum atomic E-state index is 12.9. The first-order valence-electron chi connectivity index (χ1n) is 8.94. The molecule has 1 aromatic carbocycles. The Kier molecular flexibility index (Phi) is 5.98. The van der Waals surface area contributed by atoms with E-state index in [1.807, 2.05) is 19.1 Å². The number of benzene rings is 1. The normalized spacial score (nSPS) is 14.2. The summed E-state index contributed by atoms with van der Waals surface area (Å²) < 4.78 is 15.1. The third kappa shape index (κ3) is 4.78. The van der Waals surface area contributed by atoms with Gasteiger partial charge in [-0.05, 0) is 43.9 Å². The maximum Gasteiger partial charge on any atom is 0.191 e. The predicted octanol–water partition coefficient (Wildman–Crippen LogP) is 2.05. The number of nitrogens with zero attached hydrogens (tertiary/aromatic N) is 4. The van der Waals surface area contributed by atoms with Crippen molar-refractivity contribution in [2.75, 3.05) is 13.1 Å². The van der Waals surface area contributed by atoms with Crippen molar-refractivity contribution in [3.05, 3.63) is 47.3 Å². The molecule has 0 atom stereocenters. The number of halogens is 1. The summed E-state index contributed by atoms with van der Waals surface area (Å²) in [6.45, 7) is 5.06. The molecule has 6 nitrogen and oxygen atoms in total. The largest absolute Gasteiger partial charge is 0.357 e. The van der Waals surface area contributed by atoms with Crippen LogP contribution in [0.15, 0.2) is 29.3 Å². The second-order valence-corrected chi connectivity index (χ2v) is 6.14. The van der Waals surface area contributed by atoms with Crippen LogP contribution in [0.25, 0.3) is 0 Å². The van der Waals surface area contributed by atoms with Gasteiger partial charge in [0.25, 0.3) is 0 Å². The smallest absolute Gasteiger partial charge is 0.191 e. The van der Waals surface area contributed by atoms with Gasteiger partial charge in [-0.1, -0.05) is 12.1 Å². The lowest BCUT2D eigenvalue weighted by Gasteiger charge is -2.14. The van der Waals surface area contributed by atoms with Gasteiger partial charge in [0.15, 0.2) is 11.8 Å². The number of aliphatic imine (C=N–C) groups is 1. The Morgan fingerprint density at radius 3 is 2.84 bits per heavy atom. The van der Waals surface area contributed by atoms with Crippen LogP contribution in [0.2, 0.25) is 0 Å². The molecular weight excluding hydrogens is 319 g/mol. The molecule has 2 N–H and O–H groups in total. The van der Waals surface area contributed by atoms with Crippen LogP contribution in [0.5, 0.6) is 0 Å². The van der Waals surface area contributed by atoms with Crippen LogP contribution in [0.1, 0.15) is 37.0 Å². The highest BCUT2D eigenvalue weighted by Gasteiger charge is 2.15. The van der Waals surface area contributed by atoms with Crippen LogP contribution in [0.4, 0.5) is 4.39 Å². The second-order valence-electron chi connectivity index (χ2n) is 6.14. The third-order valence-corrected chi connectivity index (χ3v) is 4.28. The Labute approximate surface area is 147 Å². The standard InChI is InChI=1S/C18H25FN6/c1-2-20-18(21-11-10-14-6-8-15(19)9-7-14)22-13-17-24-23-16-5-3-4-12-25(16)17/h6-9H,2-5,10-13H2,1H3,(H2,20,21,22). The van der Waals surface area contributed by atoms with E-state index in [9.17, 15) is 4.39 Å². The Morgan fingerprint density at radius 1 is 1.20 bits per heavy atom. The van der Waals surface area contributed by atoms with Crippen molar-refractivity contribution >= 4 is 5.96 Å². The number of nitrogens with one attached hydrogen (secondary N) is 2. The van der Waals surface area contributed by atoms with Gasteiger partial charge in [0.05, 0.1) is 0 Å². The molecule has 7 heteroatoms. The van der Waals surface area contributed by atoms with E-state index in [0.29, 0.717) is 6.54 Å². The first-order valence-corrected chi connectivity index (χ1v) is 8.94. The van der Waals surface area contributed by atoms with Crippen LogP contribution < -0.4 is 10.6 Å². The van der Waals surface area contributed by atoms with Gasteiger partial charge in [-0.3, -0.25) is 0 Å². The topological polar surface area (TPSA) is 67.1 Å². The van der Waals surface area contributed by atoms with Crippen LogP contribution in [0, 0.1) is 5.82 Å². The Balaban J connectivity index is 1.55. The minimum atomic E-state index is -0.205. The molecule has 0 bridgehead atoms. The molecule has 2 aromatic rings. The number of hydrogen-bond acceptors (Lipinski definition) is 3. The summed E-state index contributed by atoms with van der Waals surface area (Å²) in [7, 11) is 0. The first kappa shape index (κ1) is 17.4. The summed E-state index contributed by atoms with van der Waals surface area (Å²) in [5.74, 6) is 2.55. The van der Waals surface area contributed by atoms with E-state index >= 15 is 0 Å². The highest BCUT2D eigenvalue weighted by Crippen LogP contribution is 2.14. The summed E-state index contributed by atoms with van der Waals surface area (Å²) in [5.41, 5.74) is 1.09. The van der Waals surface area contributed by atoms with Crippen LogP contribution >= 0.6 is 0 Å². The van der Waals surface area contributed by atoms with Crippen LogP contribution in [-0.4, -0.2) is 33.8 Å². The molecular formula is C18H25FN6. The van der Waals surface area contributed by atoms with Gasteiger partial charge >= 0.3 is 0 Å². The van der Waals surface area contributed by atoms with Crippen LogP contribution in [-0.2, 0) is 25.9 Å². The molecule has 0 saturated carbocycles. The van der Waals surface area contributed by atoms with Gasteiger partial charge in [0.2, 0.25) is 0 Å². The molecule has 2 heterocycles. The maximum absolute atomic E-state index is 12.9. The van der Waals surface area contributed by atoms with E-state index in [1.54, 1.807) is 0 Å². The molecule has 0 aliphatic carbocycles. The number of fused-ring (bicyclic) bond motifs is 1. The third-order valence-electron chi connectivity index (χ3n) is 4.28. The molecule has 0 spiro atoms. The van der Waals surface area contributed by atoms with Gasteiger partial charge in [-0.25, -0.2) is 9.38 Å². The molecule has 1 aliphatic heterocycles. The minimum Gasteiger partial charge on any atom is -0.357 e. The zero-order valence-electron chi connectivity index (χ0n) is 14.6. The predicted molar refractivity (Wildman–Crippen MR) is 95.9 cm³/mol. The summed E-state index contributed by atoms with van der Waals surface area (Å²) in [4.78, 5) is 4.62. The van der Waals surface area contributed by atoms with E-state index in [4.69, 9.17) is 0 Å². The van der Waals surface area contributed by atoms with Gasteiger partial charge in [0, 0.05) is 26.1 Å². The number of aromatic nitrogens is 3. The van der Waals surface area contributed by atoms with Gasteiger partial charge in [-0.2, -0.15) is 0 Å². The lowest BCUT2D eigenvalue weighted by molar-refractivity contribution is 0.508. The first-order chi connectivity index (χ1) is 12.3. The molecule has 25 heavy (non-hydrogen) atoms. The molecule has 1 aliphatic rings. The molecule has 134 valence electrons. The van der Waals surface area contributed by atoms with Gasteiger partial charge in [-0.15, -0.1) is 10.2 Å². The van der Waals surface area contributed by atoms with Crippen molar-refractivity contribution in [2.45, 2.75) is 45.7 Å². The molecule has 0 radical (unpaired) electrons. The average Bonchev–Trinajstić information content (AvgIpc) is 3.04. The fourth-order valence-corrected chi connectivity index (χ4v) is 2.95. The van der Waals surface area contributed by atoms with Crippen molar-refractivity contribution < 1.29 is 4.39 Å². The minimum absolute atomic E-state index is 0.205. The molecule has 0 fully saturated rings. The lowest BCUT2D eigenvalue weighted by Crippen LogP contribution is -2.38. The Morgan fingerprint density at radius 2 is 2.04 bits per heavy atom. The zero-order chi connectivity index (χ0) is 17.5. The molecule has 1 aromatic heterocycles. The highest BCUT2D eigenvalue weighted by atomic mass is 19.1. The van der Waals surface area contributed by atoms with Gasteiger partial charge < -0.3 is 15.2 Å². The fourth-order valence-electron chi connectivity index (χ4n) is 2.95. The second kappa shape index (κ2) is 8.60. The highest BCUT2D eigenvalue weighted by molar-refractivity contribution is 5.79. The van der Waals surface area contributed by atoms with E-state index in [-0.39, 0.29) is 5.82 Å². The average molecular weight is 344 g/mol. The van der Waals surface area contributed by atoms with E-state index in [2.05, 4.69) is 30.4 Å². The van der Waals surface area contributed by atoms with Crippen LogP contribution in [0.3, 0.4) is 0 Å². The molecule has 0 unspecified atom stereocenters. The number of rotatable bonds is 6. The summed E-state index contributed by atoms with van der Waals surface area (Å²) in [6, 6.07) is 6.60. The number of guanidine groups is 1. The SMILES string of the molecule is CCNC(=NCc1nnc2n1CCCC2)NCCc1ccc(F)cc1. The Hall–Kier alpha value is -2.44. The fraction of sp³-hybridized carbons (Fsp3) is 0.500. The van der Waals surface area contributed by atoms with Crippen molar-refractivity contribution in [1.82, 2.24) is 25.4 Å². The Bertz CT molecular complexity index is 707. The van der Waals surface area contributed by atoms with Crippen molar-refractivity contribution in [1.29, 1.82) is 0 Å². The van der Waals surface area contributed by atoms with E-state index in [1.165, 1.54) is 25.0 Å². The summed E-state index contributed by atoms with van der Waals surface area (Å²) >= 11 is 0. The van der Waals surface area contributed by atoms with Crippen molar-refractivity contribution in [2.24, 2.45) is 4.99 Å². The summed E-state index contributed by atoms with van der Waals surface area (Å²) in [5, 5.41) is 15.1. The molecule has 3 rings (SSSR count). The zero-order valence-corrected chi connectivity index (χ0v) is 14.6. The number of aryl methyl sites for hydroxylation is 1.